The summed E-state index contributed by atoms with van der Waals surface area (Å²) in [5.74, 6) is 1.57. The van der Waals surface area contributed by atoms with Gasteiger partial charge in [0, 0.05) is 69.0 Å². The minimum Gasteiger partial charge on any atom is -0.494 e. The number of carbonyl (C=O) groups is 3. The molecule has 2 aliphatic rings. The molecule has 0 spiro atoms. The van der Waals surface area contributed by atoms with Crippen LogP contribution in [0.3, 0.4) is 0 Å². The number of amides is 3. The highest BCUT2D eigenvalue weighted by Crippen LogP contribution is 2.36. The van der Waals surface area contributed by atoms with Gasteiger partial charge in [0.05, 0.1) is 38.1 Å². The van der Waals surface area contributed by atoms with Crippen molar-refractivity contribution < 1.29 is 38.8 Å². The second-order valence-electron chi connectivity index (χ2n) is 25.1. The zero-order chi connectivity index (χ0) is 64.4. The molecule has 2 heterocycles. The Balaban J connectivity index is 1.56. The van der Waals surface area contributed by atoms with Gasteiger partial charge >= 0.3 is 0 Å². The Hall–Kier alpha value is -3.18. The van der Waals surface area contributed by atoms with Crippen molar-refractivity contribution in [1.29, 1.82) is 0 Å². The van der Waals surface area contributed by atoms with Gasteiger partial charge in [0.1, 0.15) is 5.76 Å². The van der Waals surface area contributed by atoms with Crippen LogP contribution in [0.1, 0.15) is 284 Å². The summed E-state index contributed by atoms with van der Waals surface area (Å²) in [6, 6.07) is -0.287. The molecule has 13 nitrogen and oxygen atoms in total. The Kier molecular flexibility index (Phi) is 54.0. The lowest BCUT2D eigenvalue weighted by Crippen LogP contribution is -2.37. The molecule has 0 aromatic rings. The van der Waals surface area contributed by atoms with Crippen molar-refractivity contribution in [3.63, 3.8) is 0 Å². The summed E-state index contributed by atoms with van der Waals surface area (Å²) in [6.45, 7) is 14.4. The highest BCUT2D eigenvalue weighted by Gasteiger charge is 2.40. The molecule has 4 atom stereocenters. The Labute approximate surface area is 552 Å². The molecule has 0 bridgehead atoms. The first-order chi connectivity index (χ1) is 43.5. The lowest BCUT2D eigenvalue weighted by Gasteiger charge is -2.29. The predicted molar refractivity (Wildman–Crippen MR) is 380 cm³/mol. The molecule has 0 saturated carbocycles. The molecule has 2 fully saturated rings. The third-order valence-corrected chi connectivity index (χ3v) is 19.3. The van der Waals surface area contributed by atoms with E-state index in [1.165, 1.54) is 154 Å². The summed E-state index contributed by atoms with van der Waals surface area (Å²) in [7, 11) is 5.46. The number of likely N-dealkylation sites (tertiary alicyclic amines) is 1. The highest BCUT2D eigenvalue weighted by atomic mass is 33.1. The van der Waals surface area contributed by atoms with E-state index in [2.05, 4.69) is 96.8 Å². The van der Waals surface area contributed by atoms with Gasteiger partial charge in [0.25, 0.3) is 0 Å². The predicted octanol–water partition coefficient (Wildman–Crippen LogP) is 17.9. The van der Waals surface area contributed by atoms with Crippen LogP contribution in [0.4, 0.5) is 0 Å². The van der Waals surface area contributed by atoms with Crippen LogP contribution in [-0.4, -0.2) is 132 Å². The molecular formula is C74H131N5O8S2. The van der Waals surface area contributed by atoms with Crippen molar-refractivity contribution in [3.05, 3.63) is 73.1 Å². The van der Waals surface area contributed by atoms with E-state index in [0.717, 1.165) is 82.3 Å². The minimum atomic E-state index is -0.561. The van der Waals surface area contributed by atoms with Gasteiger partial charge in [-0.05, 0) is 161 Å². The number of hydrogen-bond donors (Lipinski definition) is 4. The van der Waals surface area contributed by atoms with Crippen molar-refractivity contribution in [3.8, 4) is 0 Å². The fraction of sp³-hybridized carbons (Fsp3) is 0.784. The zero-order valence-electron chi connectivity index (χ0n) is 57.1. The monoisotopic (exact) mass is 1280 g/mol. The molecule has 0 aromatic heterocycles. The fourth-order valence-corrected chi connectivity index (χ4v) is 13.4. The smallest absolute Gasteiger partial charge is 0.240 e. The minimum absolute atomic E-state index is 0.0315. The molecule has 3 amide bonds. The Morgan fingerprint density at radius 3 is 1.82 bits per heavy atom. The standard InChI is InChI=1S/C74H131N5O8S2/c1-6-9-11-13-15-17-19-21-23-25-26-28-30-32-34-36-38-42-55-74(54-41-37-35-33-31-29-27-24-22-20-18-16-14-12-10-7-2)86-65-70(87-74)52-58-78(5)57-44-40-39-43-56-75-71(82)50-46-59-85-69(8-3)49-45-48-66(4)76-77-72(83)53-61-89-88-60-47-51-73(84)79-63-68(81)62-67(79)64-80/h8,15-18,21-24,49,67-68,70,80-81H,3,6-7,9-14,19-20,25-48,50-65H2,1-2,4-5H3,(H,75,82)(H,77,83)/t67-,68+,70?,74?/m0/s1. The maximum Gasteiger partial charge on any atom is 0.240 e. The first kappa shape index (κ1) is 81.9. The number of nitrogens with one attached hydrogen (secondary N) is 2. The number of hydrazone groups is 1. The largest absolute Gasteiger partial charge is 0.494 e. The van der Waals surface area contributed by atoms with E-state index >= 15 is 0 Å². The Morgan fingerprint density at radius 2 is 1.22 bits per heavy atom. The summed E-state index contributed by atoms with van der Waals surface area (Å²) < 4.78 is 19.5. The quantitative estimate of drug-likeness (QED) is 0.00872. The molecule has 2 saturated heterocycles. The average molecular weight is 1280 g/mol. The van der Waals surface area contributed by atoms with E-state index in [-0.39, 0.29) is 36.5 Å². The molecule has 15 heteroatoms. The lowest BCUT2D eigenvalue weighted by atomic mass is 9.98. The fourth-order valence-electron chi connectivity index (χ4n) is 11.3. The number of aliphatic hydroxyl groups is 2. The molecular weight excluding hydrogens is 1150 g/mol. The summed E-state index contributed by atoms with van der Waals surface area (Å²) in [4.78, 5) is 41.4. The van der Waals surface area contributed by atoms with Crippen molar-refractivity contribution in [2.45, 2.75) is 308 Å². The van der Waals surface area contributed by atoms with Crippen LogP contribution < -0.4 is 10.7 Å². The van der Waals surface area contributed by atoms with Crippen LogP contribution in [0.5, 0.6) is 0 Å². The topological polar surface area (TPSA) is 162 Å². The van der Waals surface area contributed by atoms with Crippen molar-refractivity contribution in [2.75, 3.05) is 64.6 Å². The third-order valence-electron chi connectivity index (χ3n) is 16.8. The second-order valence-corrected chi connectivity index (χ2v) is 27.8. The number of β-amino-alcohol motifs (C(OH)–C–C–N with tert-alkyl or cyclic N) is 1. The first-order valence-corrected chi connectivity index (χ1v) is 38.5. The van der Waals surface area contributed by atoms with Crippen LogP contribution in [0, 0.1) is 0 Å². The molecule has 2 rings (SSSR count). The number of hydrogen-bond acceptors (Lipinski definition) is 12. The SMILES string of the molecule is C=CC(=CCCC(C)=NNC(=O)CCSSCCCC(=O)N1C[C@H](O)C[C@H]1CO)OCCCC(=O)NCCCCCCN(C)CCC1COC(CCCCCCCCC=CCC=CCCCCC)(CCCCCCCCCCC=CCC=CCCCCC)O1. The summed E-state index contributed by atoms with van der Waals surface area (Å²) in [5, 5.41) is 26.6. The van der Waals surface area contributed by atoms with E-state index in [4.69, 9.17) is 14.2 Å². The normalized spacial score (nSPS) is 18.3. The van der Waals surface area contributed by atoms with E-state index in [1.54, 1.807) is 32.6 Å². The van der Waals surface area contributed by atoms with Gasteiger partial charge in [-0.25, -0.2) is 5.43 Å². The van der Waals surface area contributed by atoms with Crippen molar-refractivity contribution in [2.24, 2.45) is 5.10 Å². The van der Waals surface area contributed by atoms with Crippen LogP contribution >= 0.6 is 21.6 Å². The maximum absolute atomic E-state index is 12.6. The average Bonchev–Trinajstić information content (AvgIpc) is 3.30. The molecule has 89 heavy (non-hydrogen) atoms. The number of unbranched alkanes of at least 4 members (excludes halogenated alkanes) is 23. The lowest BCUT2D eigenvalue weighted by molar-refractivity contribution is -0.180. The molecule has 2 unspecified atom stereocenters. The van der Waals surface area contributed by atoms with E-state index < -0.39 is 11.9 Å². The molecule has 0 radical (unpaired) electrons. The number of nitrogens with zero attached hydrogens (tertiary/aromatic N) is 3. The van der Waals surface area contributed by atoms with Crippen LogP contribution in [0.25, 0.3) is 0 Å². The van der Waals surface area contributed by atoms with Gasteiger partial charge in [0.15, 0.2) is 5.79 Å². The summed E-state index contributed by atoms with van der Waals surface area (Å²) in [5.41, 5.74) is 3.44. The second kappa shape index (κ2) is 58.6. The maximum atomic E-state index is 12.6. The Morgan fingerprint density at radius 1 is 0.663 bits per heavy atom. The van der Waals surface area contributed by atoms with Crippen LogP contribution in [0.15, 0.2) is 78.2 Å². The van der Waals surface area contributed by atoms with Gasteiger partial charge in [-0.15, -0.1) is 0 Å². The van der Waals surface area contributed by atoms with Crippen LogP contribution in [0.2, 0.25) is 0 Å². The summed E-state index contributed by atoms with van der Waals surface area (Å²) >= 11 is 0. The molecule has 0 aromatic carbocycles. The summed E-state index contributed by atoms with van der Waals surface area (Å²) in [6.07, 6.45) is 66.8. The van der Waals surface area contributed by atoms with Gasteiger partial charge in [-0.1, -0.05) is 193 Å². The van der Waals surface area contributed by atoms with Crippen LogP contribution in [-0.2, 0) is 28.6 Å². The molecule has 0 aliphatic carbocycles. The van der Waals surface area contributed by atoms with E-state index in [1.807, 2.05) is 13.0 Å². The van der Waals surface area contributed by atoms with Crippen molar-refractivity contribution in [1.82, 2.24) is 20.5 Å². The number of aliphatic hydroxyl groups excluding tert-OH is 2. The van der Waals surface area contributed by atoms with Gasteiger partial charge in [-0.3, -0.25) is 14.4 Å². The van der Waals surface area contributed by atoms with E-state index in [9.17, 15) is 24.6 Å². The van der Waals surface area contributed by atoms with Crippen molar-refractivity contribution >= 4 is 45.0 Å². The molecule has 2 aliphatic heterocycles. The molecule has 4 N–H and O–H groups in total. The van der Waals surface area contributed by atoms with E-state index in [0.29, 0.717) is 89.2 Å². The number of allylic oxidation sites excluding steroid dienone is 10. The first-order valence-electron chi connectivity index (χ1n) is 36.0. The van der Waals surface area contributed by atoms with Gasteiger partial charge < -0.3 is 39.5 Å². The zero-order valence-corrected chi connectivity index (χ0v) is 58.7. The number of ether oxygens (including phenoxy) is 3. The Bertz CT molecular complexity index is 1950. The molecule has 512 valence electrons. The van der Waals surface area contributed by atoms with Gasteiger partial charge in [-0.2, -0.15) is 5.10 Å². The number of carbonyl (C=O) groups excluding carboxylic acids is 3. The highest BCUT2D eigenvalue weighted by molar-refractivity contribution is 8.76. The van der Waals surface area contributed by atoms with Gasteiger partial charge in [0.2, 0.25) is 17.7 Å². The third kappa shape index (κ3) is 47.4. The number of rotatable bonds is 61.